The Labute approximate surface area is 193 Å². The summed E-state index contributed by atoms with van der Waals surface area (Å²) in [7, 11) is -9.22. The van der Waals surface area contributed by atoms with Gasteiger partial charge in [0.15, 0.2) is 0 Å². The summed E-state index contributed by atoms with van der Waals surface area (Å²) in [6.07, 6.45) is 0. The zero-order chi connectivity index (χ0) is 21.6. The number of aromatic hydroxyl groups is 1. The summed E-state index contributed by atoms with van der Waals surface area (Å²) >= 11 is 0. The van der Waals surface area contributed by atoms with E-state index in [1.54, 1.807) is 0 Å². The quantitative estimate of drug-likeness (QED) is 0.167. The third kappa shape index (κ3) is 4.89. The molecule has 0 bridgehead atoms. The first-order chi connectivity index (χ1) is 13.4. The number of rotatable bonds is 4. The van der Waals surface area contributed by atoms with Gasteiger partial charge in [0.2, 0.25) is 0 Å². The predicted molar refractivity (Wildman–Crippen MR) is 110 cm³/mol. The van der Waals surface area contributed by atoms with E-state index in [9.17, 15) is 31.0 Å². The molecule has 0 aromatic heterocycles. The Bertz CT molecular complexity index is 1390. The fraction of sp³-hybridized carbons (Fsp3) is 0. The minimum atomic E-state index is -4.65. The van der Waals surface area contributed by atoms with Gasteiger partial charge in [-0.1, -0.05) is 6.07 Å². The first kappa shape index (κ1) is 24.0. The van der Waals surface area contributed by atoms with Crippen LogP contribution >= 0.6 is 0 Å². The zero-order valence-electron chi connectivity index (χ0n) is 15.4. The van der Waals surface area contributed by atoms with E-state index in [1.807, 2.05) is 0 Å². The Balaban J connectivity index is 0.00000320. The second-order valence-corrected chi connectivity index (χ2v) is 8.73. The molecule has 0 heterocycles. The summed E-state index contributed by atoms with van der Waals surface area (Å²) < 4.78 is 64.3. The topological polar surface area (TPSA) is 206 Å². The molecule has 0 saturated carbocycles. The third-order valence-corrected chi connectivity index (χ3v) is 5.61. The third-order valence-electron chi connectivity index (χ3n) is 3.89. The van der Waals surface area contributed by atoms with Crippen molar-refractivity contribution in [3.8, 4) is 5.75 Å². The van der Waals surface area contributed by atoms with Gasteiger partial charge in [-0.15, -0.1) is 10.2 Å². The number of benzene rings is 3. The number of nitrogens with zero attached hydrogens (tertiary/aromatic N) is 2. The minimum Gasteiger partial charge on any atom is -0.507 e. The van der Waals surface area contributed by atoms with Crippen molar-refractivity contribution in [1.29, 1.82) is 0 Å². The van der Waals surface area contributed by atoms with Crippen LogP contribution in [0, 0.1) is 0 Å². The first-order valence-corrected chi connectivity index (χ1v) is 10.6. The second kappa shape index (κ2) is 8.47. The van der Waals surface area contributed by atoms with Crippen LogP contribution in [0.3, 0.4) is 0 Å². The second-order valence-electron chi connectivity index (χ2n) is 5.92. The SMILES string of the molecule is Nc1ccc(N=Nc2c(N)ccc3cc(S(=O)(=O)O)cc(O)c23)c(S(=O)(=O)O)c1.[Na]. The number of hydrogen-bond acceptors (Lipinski definition) is 9. The molecule has 0 amide bonds. The van der Waals surface area contributed by atoms with E-state index in [2.05, 4.69) is 10.2 Å². The van der Waals surface area contributed by atoms with Crippen molar-refractivity contribution in [1.82, 2.24) is 0 Å². The van der Waals surface area contributed by atoms with Crippen LogP contribution in [0.15, 0.2) is 62.5 Å². The summed E-state index contributed by atoms with van der Waals surface area (Å²) in [5.74, 6) is -0.552. The Morgan fingerprint density at radius 2 is 1.50 bits per heavy atom. The molecule has 0 atom stereocenters. The molecule has 0 aliphatic heterocycles. The predicted octanol–water partition coefficient (Wildman–Crippen LogP) is 2.24. The largest absolute Gasteiger partial charge is 0.507 e. The number of phenols is 1. The van der Waals surface area contributed by atoms with Crippen molar-refractivity contribution in [2.75, 3.05) is 11.5 Å². The normalized spacial score (nSPS) is 12.2. The van der Waals surface area contributed by atoms with Crippen molar-refractivity contribution < 1.29 is 31.0 Å². The molecule has 153 valence electrons. The molecule has 0 spiro atoms. The van der Waals surface area contributed by atoms with Gasteiger partial charge in [0, 0.05) is 41.3 Å². The van der Waals surface area contributed by atoms with Crippen LogP contribution in [-0.4, -0.2) is 60.6 Å². The molecule has 30 heavy (non-hydrogen) atoms. The molecule has 7 N–H and O–H groups in total. The number of fused-ring (bicyclic) bond motifs is 1. The van der Waals surface area contributed by atoms with Gasteiger partial charge in [-0.2, -0.15) is 16.8 Å². The maximum Gasteiger partial charge on any atom is 0.296 e. The molecule has 14 heteroatoms. The van der Waals surface area contributed by atoms with Crippen molar-refractivity contribution in [2.45, 2.75) is 9.79 Å². The summed E-state index contributed by atoms with van der Waals surface area (Å²) in [5.41, 5.74) is 11.2. The maximum absolute atomic E-state index is 11.5. The van der Waals surface area contributed by atoms with E-state index in [-0.39, 0.29) is 63.1 Å². The number of anilines is 2. The standard InChI is InChI=1S/C16H14N4O7S2.Na/c17-9-2-4-12(14(6-9)29(25,26)27)19-20-16-11(18)3-1-8-5-10(28(22,23)24)7-13(21)15(8)16;/h1-7,21H,17-18H2,(H,22,23,24)(H,25,26,27);. The van der Waals surface area contributed by atoms with E-state index >= 15 is 0 Å². The fourth-order valence-electron chi connectivity index (χ4n) is 2.59. The average molecular weight is 461 g/mol. The van der Waals surface area contributed by atoms with Crippen LogP contribution in [0.1, 0.15) is 0 Å². The van der Waals surface area contributed by atoms with Crippen molar-refractivity contribution >= 4 is 83.3 Å². The monoisotopic (exact) mass is 461 g/mol. The van der Waals surface area contributed by atoms with Crippen LogP contribution in [0.25, 0.3) is 10.8 Å². The van der Waals surface area contributed by atoms with Gasteiger partial charge in [-0.05, 0) is 35.7 Å². The van der Waals surface area contributed by atoms with Crippen LogP contribution in [0.4, 0.5) is 22.7 Å². The van der Waals surface area contributed by atoms with E-state index in [1.165, 1.54) is 24.3 Å². The molecular weight excluding hydrogens is 447 g/mol. The molecule has 3 rings (SSSR count). The number of phenolic OH excluding ortho intramolecular Hbond substituents is 1. The summed E-state index contributed by atoms with van der Waals surface area (Å²) in [6.45, 7) is 0. The number of azo groups is 1. The summed E-state index contributed by atoms with van der Waals surface area (Å²) in [4.78, 5) is -1.12. The minimum absolute atomic E-state index is 0. The van der Waals surface area contributed by atoms with Gasteiger partial charge < -0.3 is 16.6 Å². The van der Waals surface area contributed by atoms with Gasteiger partial charge >= 0.3 is 0 Å². The molecule has 3 aromatic carbocycles. The Morgan fingerprint density at radius 3 is 2.10 bits per heavy atom. The van der Waals surface area contributed by atoms with Gasteiger partial charge in [0.25, 0.3) is 20.2 Å². The first-order valence-electron chi connectivity index (χ1n) is 7.69. The van der Waals surface area contributed by atoms with Gasteiger partial charge in [-0.3, -0.25) is 9.11 Å². The van der Waals surface area contributed by atoms with Crippen molar-refractivity contribution in [3.63, 3.8) is 0 Å². The molecule has 0 aliphatic rings. The average Bonchev–Trinajstić information content (AvgIpc) is 2.60. The number of nitrogen functional groups attached to an aromatic ring is 2. The van der Waals surface area contributed by atoms with E-state index in [4.69, 9.17) is 11.5 Å². The molecule has 1 radical (unpaired) electrons. The number of hydrogen-bond donors (Lipinski definition) is 5. The molecular formula is C16H14N4NaO7S2. The van der Waals surface area contributed by atoms with Crippen LogP contribution in [-0.2, 0) is 20.2 Å². The molecule has 0 aliphatic carbocycles. The van der Waals surface area contributed by atoms with Crippen LogP contribution in [0.2, 0.25) is 0 Å². The van der Waals surface area contributed by atoms with E-state index < -0.39 is 35.8 Å². The van der Waals surface area contributed by atoms with Crippen molar-refractivity contribution in [2.24, 2.45) is 10.2 Å². The van der Waals surface area contributed by atoms with Crippen LogP contribution < -0.4 is 11.5 Å². The Hall–Kier alpha value is -2.26. The van der Waals surface area contributed by atoms with E-state index in [0.717, 1.165) is 18.2 Å². The zero-order valence-corrected chi connectivity index (χ0v) is 19.0. The van der Waals surface area contributed by atoms with Crippen molar-refractivity contribution in [3.05, 3.63) is 42.5 Å². The van der Waals surface area contributed by atoms with Crippen LogP contribution in [0.5, 0.6) is 5.75 Å². The number of nitrogens with two attached hydrogens (primary N) is 2. The molecule has 0 saturated heterocycles. The fourth-order valence-corrected chi connectivity index (χ4v) is 3.79. The molecule has 0 fully saturated rings. The van der Waals surface area contributed by atoms with Gasteiger partial charge in [-0.25, -0.2) is 0 Å². The molecule has 11 nitrogen and oxygen atoms in total. The summed E-state index contributed by atoms with van der Waals surface area (Å²) in [5, 5.41) is 18.1. The molecule has 3 aromatic rings. The maximum atomic E-state index is 11.5. The smallest absolute Gasteiger partial charge is 0.296 e. The van der Waals surface area contributed by atoms with Gasteiger partial charge in [0.1, 0.15) is 22.0 Å². The van der Waals surface area contributed by atoms with E-state index in [0.29, 0.717) is 0 Å². The Morgan fingerprint density at radius 1 is 0.833 bits per heavy atom. The summed E-state index contributed by atoms with van der Waals surface area (Å²) in [6, 6.07) is 8.19. The van der Waals surface area contributed by atoms with Gasteiger partial charge in [0.05, 0.1) is 16.0 Å². The Kier molecular flexibility index (Phi) is 6.78. The molecule has 0 unspecified atom stereocenters.